The standard InChI is InChI=1S/C12H30O7S2Si2/c1-9-11(22(13-3,14-4)15-5)20-19-21-12(10-2)23(16-6,17-7)18-8/h11-12H,9-10H2,1-8H3. The molecule has 11 heteroatoms. The summed E-state index contributed by atoms with van der Waals surface area (Å²) in [5.41, 5.74) is 0. The molecule has 0 radical (unpaired) electrons. The topological polar surface area (TPSA) is 64.6 Å². The van der Waals surface area contributed by atoms with E-state index in [4.69, 9.17) is 30.2 Å². The van der Waals surface area contributed by atoms with E-state index in [1.165, 1.54) is 24.1 Å². The summed E-state index contributed by atoms with van der Waals surface area (Å²) >= 11 is 2.60. The van der Waals surface area contributed by atoms with Crippen molar-refractivity contribution in [2.45, 2.75) is 36.4 Å². The molecule has 0 fully saturated rings. The molecule has 0 aromatic rings. The Labute approximate surface area is 151 Å². The van der Waals surface area contributed by atoms with Crippen LogP contribution in [0.4, 0.5) is 0 Å². The molecular formula is C12H30O7S2Si2. The Morgan fingerprint density at radius 2 is 0.870 bits per heavy atom. The molecule has 0 saturated carbocycles. The summed E-state index contributed by atoms with van der Waals surface area (Å²) in [5.74, 6) is 0. The third-order valence-corrected chi connectivity index (χ3v) is 13.4. The van der Waals surface area contributed by atoms with Crippen molar-refractivity contribution in [1.82, 2.24) is 0 Å². The second-order valence-corrected chi connectivity index (χ2v) is 13.6. The van der Waals surface area contributed by atoms with Crippen LogP contribution in [0, 0.1) is 0 Å². The van der Waals surface area contributed by atoms with Gasteiger partial charge in [-0.25, -0.2) is 3.63 Å². The molecule has 0 saturated heterocycles. The highest BCUT2D eigenvalue weighted by molar-refractivity contribution is 8.09. The van der Waals surface area contributed by atoms with Gasteiger partial charge in [-0.1, -0.05) is 13.8 Å². The monoisotopic (exact) mass is 406 g/mol. The summed E-state index contributed by atoms with van der Waals surface area (Å²) in [7, 11) is 4.09. The Hall–Kier alpha value is 0.854. The zero-order chi connectivity index (χ0) is 17.9. The minimum atomic E-state index is -2.76. The van der Waals surface area contributed by atoms with E-state index in [0.29, 0.717) is 0 Å². The molecule has 0 aliphatic carbocycles. The lowest BCUT2D eigenvalue weighted by atomic mass is 10.6. The van der Waals surface area contributed by atoms with Gasteiger partial charge in [0.1, 0.15) is 9.75 Å². The second kappa shape index (κ2) is 12.2. The number of rotatable bonds is 14. The lowest BCUT2D eigenvalue weighted by Crippen LogP contribution is -2.53. The Kier molecular flexibility index (Phi) is 12.7. The zero-order valence-corrected chi connectivity index (χ0v) is 18.9. The van der Waals surface area contributed by atoms with Crippen LogP contribution in [-0.2, 0) is 30.2 Å². The summed E-state index contributed by atoms with van der Waals surface area (Å²) in [6.07, 6.45) is 1.59. The van der Waals surface area contributed by atoms with E-state index < -0.39 is 17.6 Å². The first-order valence-electron chi connectivity index (χ1n) is 7.29. The summed E-state index contributed by atoms with van der Waals surface area (Å²) in [5, 5.41) is 0. The van der Waals surface area contributed by atoms with Gasteiger partial charge in [0, 0.05) is 66.7 Å². The maximum atomic E-state index is 5.79. The average molecular weight is 407 g/mol. The van der Waals surface area contributed by atoms with Gasteiger partial charge in [-0.05, 0) is 12.8 Å². The first kappa shape index (κ1) is 23.9. The van der Waals surface area contributed by atoms with Crippen LogP contribution in [0.2, 0.25) is 0 Å². The molecule has 2 unspecified atom stereocenters. The van der Waals surface area contributed by atoms with Crippen LogP contribution in [0.25, 0.3) is 0 Å². The smallest absolute Gasteiger partial charge is 0.376 e. The SMILES string of the molecule is CCC(SOSC(CC)[Si](OC)(OC)OC)[Si](OC)(OC)OC. The van der Waals surface area contributed by atoms with Gasteiger partial charge in [0.05, 0.1) is 0 Å². The molecule has 7 nitrogen and oxygen atoms in total. The summed E-state index contributed by atoms with van der Waals surface area (Å²) in [6, 6.07) is 0. The molecule has 0 aliphatic rings. The molecule has 23 heavy (non-hydrogen) atoms. The minimum Gasteiger partial charge on any atom is -0.376 e. The molecule has 0 spiro atoms. The fourth-order valence-corrected chi connectivity index (χ4v) is 10.3. The molecule has 0 rings (SSSR count). The highest BCUT2D eigenvalue weighted by Crippen LogP contribution is 2.35. The van der Waals surface area contributed by atoms with Crippen molar-refractivity contribution in [3.8, 4) is 0 Å². The van der Waals surface area contributed by atoms with Crippen LogP contribution < -0.4 is 0 Å². The highest BCUT2D eigenvalue weighted by Gasteiger charge is 2.50. The third kappa shape index (κ3) is 5.95. The van der Waals surface area contributed by atoms with Crippen LogP contribution in [0.15, 0.2) is 0 Å². The van der Waals surface area contributed by atoms with Gasteiger partial charge in [-0.15, -0.1) is 0 Å². The molecule has 0 bridgehead atoms. The van der Waals surface area contributed by atoms with E-state index in [9.17, 15) is 0 Å². The van der Waals surface area contributed by atoms with E-state index >= 15 is 0 Å². The molecule has 0 heterocycles. The molecule has 0 amide bonds. The van der Waals surface area contributed by atoms with Crippen molar-refractivity contribution in [3.63, 3.8) is 0 Å². The maximum absolute atomic E-state index is 5.79. The molecule has 2 atom stereocenters. The number of hydrogen-bond donors (Lipinski definition) is 0. The van der Waals surface area contributed by atoms with Crippen LogP contribution >= 0.6 is 24.1 Å². The second-order valence-electron chi connectivity index (χ2n) is 4.49. The van der Waals surface area contributed by atoms with E-state index in [1.807, 2.05) is 13.8 Å². The fourth-order valence-electron chi connectivity index (χ4n) is 2.16. The molecule has 0 aromatic heterocycles. The predicted molar refractivity (Wildman–Crippen MR) is 98.0 cm³/mol. The van der Waals surface area contributed by atoms with Crippen LogP contribution in [0.5, 0.6) is 0 Å². The molecule has 0 aromatic carbocycles. The lowest BCUT2D eigenvalue weighted by Gasteiger charge is -2.32. The van der Waals surface area contributed by atoms with E-state index in [1.54, 1.807) is 42.7 Å². The molecule has 140 valence electrons. The Morgan fingerprint density at radius 3 is 1.04 bits per heavy atom. The van der Waals surface area contributed by atoms with Crippen molar-refractivity contribution in [2.75, 3.05) is 42.7 Å². The van der Waals surface area contributed by atoms with Crippen molar-refractivity contribution >= 4 is 41.7 Å². The van der Waals surface area contributed by atoms with Crippen LogP contribution in [0.3, 0.4) is 0 Å². The molecule has 0 N–H and O–H groups in total. The first-order valence-corrected chi connectivity index (χ1v) is 12.5. The zero-order valence-electron chi connectivity index (χ0n) is 15.2. The average Bonchev–Trinajstić information content (AvgIpc) is 2.61. The van der Waals surface area contributed by atoms with E-state index in [2.05, 4.69) is 0 Å². The fraction of sp³-hybridized carbons (Fsp3) is 1.00. The third-order valence-electron chi connectivity index (χ3n) is 3.55. The van der Waals surface area contributed by atoms with Gasteiger partial charge >= 0.3 is 17.6 Å². The summed E-state index contributed by atoms with van der Waals surface area (Å²) in [6.45, 7) is 4.08. The normalized spacial score (nSPS) is 15.7. The largest absolute Gasteiger partial charge is 0.516 e. The predicted octanol–water partition coefficient (Wildman–Crippen LogP) is 2.69. The molecule has 0 aliphatic heterocycles. The van der Waals surface area contributed by atoms with E-state index in [0.717, 1.165) is 12.8 Å². The van der Waals surface area contributed by atoms with Crippen LogP contribution in [-0.4, -0.2) is 70.0 Å². The van der Waals surface area contributed by atoms with Crippen molar-refractivity contribution in [3.05, 3.63) is 0 Å². The van der Waals surface area contributed by atoms with Gasteiger partial charge in [-0.2, -0.15) is 0 Å². The van der Waals surface area contributed by atoms with Crippen molar-refractivity contribution in [2.24, 2.45) is 0 Å². The highest BCUT2D eigenvalue weighted by atomic mass is 32.2. The van der Waals surface area contributed by atoms with Gasteiger partial charge in [0.2, 0.25) is 0 Å². The number of hydrogen-bond acceptors (Lipinski definition) is 9. The summed E-state index contributed by atoms with van der Waals surface area (Å²) < 4.78 is 38.9. The maximum Gasteiger partial charge on any atom is 0.516 e. The lowest BCUT2D eigenvalue weighted by molar-refractivity contribution is 0.121. The Balaban J connectivity index is 4.82. The van der Waals surface area contributed by atoms with Gasteiger partial charge in [0.15, 0.2) is 0 Å². The van der Waals surface area contributed by atoms with Crippen molar-refractivity contribution in [1.29, 1.82) is 0 Å². The Bertz CT molecular complexity index is 263. The van der Waals surface area contributed by atoms with Gasteiger partial charge < -0.3 is 26.6 Å². The summed E-state index contributed by atoms with van der Waals surface area (Å²) in [4.78, 5) is -0.0626. The van der Waals surface area contributed by atoms with Crippen LogP contribution in [0.1, 0.15) is 26.7 Å². The Morgan fingerprint density at radius 1 is 0.609 bits per heavy atom. The minimum absolute atomic E-state index is 0.0313. The van der Waals surface area contributed by atoms with Gasteiger partial charge in [-0.3, -0.25) is 0 Å². The quantitative estimate of drug-likeness (QED) is 0.320. The van der Waals surface area contributed by atoms with E-state index in [-0.39, 0.29) is 9.75 Å². The molecular weight excluding hydrogens is 376 g/mol. The van der Waals surface area contributed by atoms with Crippen molar-refractivity contribution < 1.29 is 30.2 Å². The first-order chi connectivity index (χ1) is 11.0. The van der Waals surface area contributed by atoms with Gasteiger partial charge in [0.25, 0.3) is 0 Å².